The lowest BCUT2D eigenvalue weighted by Crippen LogP contribution is -2.56. The number of benzene rings is 2. The Morgan fingerprint density at radius 3 is 2.06 bits per heavy atom. The first-order chi connectivity index (χ1) is 17.5. The molecule has 4 aliphatic carbocycles. The van der Waals surface area contributed by atoms with E-state index in [0.717, 1.165) is 54.7 Å². The molecule has 5 aliphatic rings. The Balaban J connectivity index is 1.35. The summed E-state index contributed by atoms with van der Waals surface area (Å²) in [6.07, 6.45) is 7.97. The van der Waals surface area contributed by atoms with E-state index in [1.165, 1.54) is 24.8 Å². The van der Waals surface area contributed by atoms with Crippen LogP contribution in [0.25, 0.3) is 0 Å². The van der Waals surface area contributed by atoms with Crippen molar-refractivity contribution in [3.63, 3.8) is 0 Å². The first-order valence-corrected chi connectivity index (χ1v) is 13.3. The predicted octanol–water partition coefficient (Wildman–Crippen LogP) is 5.43. The topological polar surface area (TPSA) is 57.2 Å². The summed E-state index contributed by atoms with van der Waals surface area (Å²) < 4.78 is 23.1. The molecule has 2 aromatic rings. The normalized spacial score (nSPS) is 30.0. The fourth-order valence-corrected chi connectivity index (χ4v) is 8.03. The third-order valence-corrected chi connectivity index (χ3v) is 9.22. The maximum Gasteiger partial charge on any atom is 0.229 e. The van der Waals surface area contributed by atoms with Crippen LogP contribution in [0.5, 0.6) is 23.0 Å². The van der Waals surface area contributed by atoms with Crippen LogP contribution in [0.3, 0.4) is 0 Å². The number of nitrogens with zero attached hydrogens (tertiary/aromatic N) is 1. The molecule has 0 spiro atoms. The van der Waals surface area contributed by atoms with Crippen LogP contribution in [0.4, 0.5) is 0 Å². The van der Waals surface area contributed by atoms with E-state index in [2.05, 4.69) is 11.0 Å². The second-order valence-electron chi connectivity index (χ2n) is 11.3. The first-order valence-electron chi connectivity index (χ1n) is 13.3. The van der Waals surface area contributed by atoms with Gasteiger partial charge in [0.15, 0.2) is 23.0 Å². The maximum atomic E-state index is 14.5. The van der Waals surface area contributed by atoms with Gasteiger partial charge in [0.2, 0.25) is 5.91 Å². The van der Waals surface area contributed by atoms with Gasteiger partial charge in [-0.15, -0.1) is 0 Å². The first kappa shape index (κ1) is 23.5. The fourth-order valence-electron chi connectivity index (χ4n) is 8.03. The van der Waals surface area contributed by atoms with Crippen molar-refractivity contribution in [3.05, 3.63) is 47.5 Å². The van der Waals surface area contributed by atoms with Crippen molar-refractivity contribution in [3.8, 4) is 23.0 Å². The molecule has 36 heavy (non-hydrogen) atoms. The monoisotopic (exact) mass is 491 g/mol. The Morgan fingerprint density at radius 1 is 0.861 bits per heavy atom. The molecule has 4 saturated carbocycles. The summed E-state index contributed by atoms with van der Waals surface area (Å²) in [5.74, 6) is 5.31. The van der Waals surface area contributed by atoms with Gasteiger partial charge in [0, 0.05) is 6.54 Å². The quantitative estimate of drug-likeness (QED) is 0.517. The molecule has 4 fully saturated rings. The number of ether oxygens (including phenoxy) is 4. The zero-order valence-corrected chi connectivity index (χ0v) is 21.6. The van der Waals surface area contributed by atoms with Gasteiger partial charge in [-0.1, -0.05) is 12.1 Å². The SMILES string of the molecule is COc1cc2c(cc1OC)C(COc1ccccc1OC)N(C(=O)C13CC4CC(CC(C4)C1)C3)CC2. The van der Waals surface area contributed by atoms with Crippen molar-refractivity contribution in [2.75, 3.05) is 34.5 Å². The molecule has 0 N–H and O–H groups in total. The van der Waals surface area contributed by atoms with Crippen LogP contribution in [-0.2, 0) is 11.2 Å². The minimum Gasteiger partial charge on any atom is -0.493 e. The molecule has 1 aliphatic heterocycles. The molecule has 1 amide bonds. The van der Waals surface area contributed by atoms with Gasteiger partial charge in [-0.2, -0.15) is 0 Å². The zero-order valence-electron chi connectivity index (χ0n) is 21.6. The standard InChI is InChI=1S/C30H37NO5/c1-33-25-6-4-5-7-26(25)36-18-24-23-14-28(35-3)27(34-2)13-22(23)8-9-31(24)29(32)30-15-19-10-20(16-30)12-21(11-19)17-30/h4-7,13-14,19-21,24H,8-12,15-18H2,1-3H3. The molecule has 1 unspecified atom stereocenters. The van der Waals surface area contributed by atoms with Crippen molar-refractivity contribution in [1.29, 1.82) is 0 Å². The largest absolute Gasteiger partial charge is 0.493 e. The summed E-state index contributed by atoms with van der Waals surface area (Å²) in [5.41, 5.74) is 2.09. The van der Waals surface area contributed by atoms with Gasteiger partial charge in [-0.25, -0.2) is 0 Å². The molecule has 1 heterocycles. The second kappa shape index (κ2) is 9.20. The molecule has 0 saturated heterocycles. The number of hydrogen-bond acceptors (Lipinski definition) is 5. The Kier molecular flexibility index (Phi) is 6.01. The minimum atomic E-state index is -0.195. The molecule has 0 radical (unpaired) electrons. The highest BCUT2D eigenvalue weighted by Gasteiger charge is 2.56. The number of carbonyl (C=O) groups is 1. The smallest absolute Gasteiger partial charge is 0.229 e. The van der Waals surface area contributed by atoms with Gasteiger partial charge >= 0.3 is 0 Å². The van der Waals surface area contributed by atoms with E-state index in [-0.39, 0.29) is 11.5 Å². The summed E-state index contributed by atoms with van der Waals surface area (Å²) in [5, 5.41) is 0. The van der Waals surface area contributed by atoms with Crippen LogP contribution >= 0.6 is 0 Å². The van der Waals surface area contributed by atoms with E-state index >= 15 is 0 Å². The third-order valence-electron chi connectivity index (χ3n) is 9.22. The summed E-state index contributed by atoms with van der Waals surface area (Å²) in [4.78, 5) is 16.6. The molecule has 6 heteroatoms. The van der Waals surface area contributed by atoms with E-state index in [0.29, 0.717) is 36.3 Å². The number of fused-ring (bicyclic) bond motifs is 1. The van der Waals surface area contributed by atoms with Crippen molar-refractivity contribution in [2.45, 2.75) is 51.0 Å². The number of amides is 1. The molecular formula is C30H37NO5. The Hall–Kier alpha value is -2.89. The summed E-state index contributed by atoms with van der Waals surface area (Å²) in [6, 6.07) is 11.6. The minimum absolute atomic E-state index is 0.189. The van der Waals surface area contributed by atoms with Crippen LogP contribution in [-0.4, -0.2) is 45.3 Å². The average molecular weight is 492 g/mol. The van der Waals surface area contributed by atoms with Gasteiger partial charge in [-0.3, -0.25) is 4.79 Å². The molecule has 4 bridgehead atoms. The maximum absolute atomic E-state index is 14.5. The fraction of sp³-hybridized carbons (Fsp3) is 0.567. The molecule has 7 rings (SSSR count). The lowest BCUT2D eigenvalue weighted by Gasteiger charge is -2.57. The number of methoxy groups -OCH3 is 3. The number of carbonyl (C=O) groups excluding carboxylic acids is 1. The van der Waals surface area contributed by atoms with Crippen molar-refractivity contribution in [2.24, 2.45) is 23.2 Å². The number of rotatable bonds is 7. The average Bonchev–Trinajstić information content (AvgIpc) is 2.89. The number of hydrogen-bond donors (Lipinski definition) is 0. The molecule has 0 aromatic heterocycles. The summed E-state index contributed by atoms with van der Waals surface area (Å²) >= 11 is 0. The lowest BCUT2D eigenvalue weighted by atomic mass is 9.49. The molecule has 2 aromatic carbocycles. The van der Waals surface area contributed by atoms with Gasteiger partial charge in [0.25, 0.3) is 0 Å². The van der Waals surface area contributed by atoms with Crippen molar-refractivity contribution >= 4 is 5.91 Å². The van der Waals surface area contributed by atoms with Crippen LogP contribution in [0, 0.1) is 23.2 Å². The van der Waals surface area contributed by atoms with Crippen molar-refractivity contribution in [1.82, 2.24) is 4.90 Å². The van der Waals surface area contributed by atoms with Gasteiger partial charge in [-0.05, 0) is 98.1 Å². The van der Waals surface area contributed by atoms with Crippen LogP contribution < -0.4 is 18.9 Å². The van der Waals surface area contributed by atoms with E-state index in [1.54, 1.807) is 21.3 Å². The Morgan fingerprint density at radius 2 is 1.44 bits per heavy atom. The van der Waals surface area contributed by atoms with Crippen LogP contribution in [0.1, 0.15) is 55.7 Å². The van der Waals surface area contributed by atoms with Crippen molar-refractivity contribution < 1.29 is 23.7 Å². The predicted molar refractivity (Wildman–Crippen MR) is 137 cm³/mol. The van der Waals surface area contributed by atoms with E-state index in [4.69, 9.17) is 18.9 Å². The highest BCUT2D eigenvalue weighted by atomic mass is 16.5. The molecule has 6 nitrogen and oxygen atoms in total. The van der Waals surface area contributed by atoms with Gasteiger partial charge in [0.05, 0.1) is 32.8 Å². The Bertz CT molecular complexity index is 1110. The highest BCUT2D eigenvalue weighted by Crippen LogP contribution is 2.61. The zero-order chi connectivity index (χ0) is 24.9. The molecular weight excluding hydrogens is 454 g/mol. The molecule has 1 atom stereocenters. The van der Waals surface area contributed by atoms with E-state index < -0.39 is 0 Å². The van der Waals surface area contributed by atoms with Gasteiger partial charge in [0.1, 0.15) is 6.61 Å². The summed E-state index contributed by atoms with van der Waals surface area (Å²) in [6.45, 7) is 1.06. The lowest BCUT2D eigenvalue weighted by molar-refractivity contribution is -0.161. The Labute approximate surface area is 213 Å². The summed E-state index contributed by atoms with van der Waals surface area (Å²) in [7, 11) is 4.97. The number of para-hydroxylation sites is 2. The second-order valence-corrected chi connectivity index (χ2v) is 11.3. The van der Waals surface area contributed by atoms with Crippen LogP contribution in [0.2, 0.25) is 0 Å². The van der Waals surface area contributed by atoms with E-state index in [9.17, 15) is 4.79 Å². The van der Waals surface area contributed by atoms with Crippen LogP contribution in [0.15, 0.2) is 36.4 Å². The van der Waals surface area contributed by atoms with Gasteiger partial charge < -0.3 is 23.8 Å². The molecule has 192 valence electrons. The third kappa shape index (κ3) is 3.89. The van der Waals surface area contributed by atoms with E-state index in [1.807, 2.05) is 30.3 Å². The highest BCUT2D eigenvalue weighted by molar-refractivity contribution is 5.84.